The molecule has 0 radical (unpaired) electrons. The van der Waals surface area contributed by atoms with Crippen molar-refractivity contribution in [2.24, 2.45) is 11.7 Å². The number of nitrogens with zero attached hydrogens (tertiary/aromatic N) is 2. The monoisotopic (exact) mass is 277 g/mol. The van der Waals surface area contributed by atoms with Gasteiger partial charge in [0, 0.05) is 25.2 Å². The molecule has 0 aliphatic carbocycles. The summed E-state index contributed by atoms with van der Waals surface area (Å²) in [5, 5.41) is 8.71. The van der Waals surface area contributed by atoms with Crippen molar-refractivity contribution >= 4 is 5.91 Å². The summed E-state index contributed by atoms with van der Waals surface area (Å²) in [6.07, 6.45) is 0.668. The fraction of sp³-hybridized carbons (Fsp3) is 0.467. The van der Waals surface area contributed by atoms with Crippen molar-refractivity contribution in [1.29, 1.82) is 5.26 Å². The number of nitriles is 1. The van der Waals surface area contributed by atoms with Crippen LogP contribution in [-0.4, -0.2) is 23.9 Å². The van der Waals surface area contributed by atoms with Crippen LogP contribution in [0.2, 0.25) is 0 Å². The summed E-state index contributed by atoms with van der Waals surface area (Å²) in [5.41, 5.74) is 6.26. The Hall–Kier alpha value is -1.93. The largest absolute Gasteiger partial charge is 0.338 e. The van der Waals surface area contributed by atoms with E-state index in [9.17, 15) is 9.18 Å². The van der Waals surface area contributed by atoms with E-state index in [-0.39, 0.29) is 23.9 Å². The van der Waals surface area contributed by atoms with Crippen molar-refractivity contribution in [3.05, 3.63) is 35.1 Å². The molecule has 0 saturated heterocycles. The maximum atomic E-state index is 13.8. The molecule has 20 heavy (non-hydrogen) atoms. The van der Waals surface area contributed by atoms with Crippen LogP contribution in [0.3, 0.4) is 0 Å². The second kappa shape index (κ2) is 7.61. The van der Waals surface area contributed by atoms with Crippen molar-refractivity contribution in [1.82, 2.24) is 4.90 Å². The van der Waals surface area contributed by atoms with Crippen molar-refractivity contribution in [3.8, 4) is 6.07 Å². The third-order valence-electron chi connectivity index (χ3n) is 3.36. The summed E-state index contributed by atoms with van der Waals surface area (Å²) < 4.78 is 13.8. The van der Waals surface area contributed by atoms with Gasteiger partial charge in [-0.3, -0.25) is 4.79 Å². The summed E-state index contributed by atoms with van der Waals surface area (Å²) in [7, 11) is 0. The van der Waals surface area contributed by atoms with E-state index in [1.54, 1.807) is 17.0 Å². The van der Waals surface area contributed by atoms with E-state index in [2.05, 4.69) is 0 Å². The van der Waals surface area contributed by atoms with E-state index in [1.807, 2.05) is 19.9 Å². The molecule has 0 aromatic heterocycles. The minimum Gasteiger partial charge on any atom is -0.338 e. The SMILES string of the molecule is CCC(CN)C(=O)N(CC)Cc1ccc(C#N)cc1F. The zero-order valence-corrected chi connectivity index (χ0v) is 11.9. The highest BCUT2D eigenvalue weighted by molar-refractivity contribution is 5.79. The third kappa shape index (κ3) is 3.78. The molecular formula is C15H20FN3O. The summed E-state index contributed by atoms with van der Waals surface area (Å²) in [6, 6.07) is 6.17. The Kier molecular flexibility index (Phi) is 6.13. The number of nitrogens with two attached hydrogens (primary N) is 1. The number of hydrogen-bond donors (Lipinski definition) is 1. The number of carbonyl (C=O) groups is 1. The first-order chi connectivity index (χ1) is 9.57. The van der Waals surface area contributed by atoms with Gasteiger partial charge in [0.2, 0.25) is 5.91 Å². The first-order valence-corrected chi connectivity index (χ1v) is 6.74. The first kappa shape index (κ1) is 16.1. The number of halogens is 1. The molecule has 1 unspecified atom stereocenters. The fourth-order valence-electron chi connectivity index (χ4n) is 2.00. The second-order valence-electron chi connectivity index (χ2n) is 4.61. The predicted molar refractivity (Wildman–Crippen MR) is 75.0 cm³/mol. The van der Waals surface area contributed by atoms with Gasteiger partial charge in [-0.1, -0.05) is 13.0 Å². The molecule has 1 amide bonds. The van der Waals surface area contributed by atoms with Crippen molar-refractivity contribution in [2.75, 3.05) is 13.1 Å². The number of benzene rings is 1. The quantitative estimate of drug-likeness (QED) is 0.865. The molecule has 0 heterocycles. The van der Waals surface area contributed by atoms with Gasteiger partial charge in [-0.25, -0.2) is 4.39 Å². The van der Waals surface area contributed by atoms with Crippen LogP contribution < -0.4 is 5.73 Å². The second-order valence-corrected chi connectivity index (χ2v) is 4.61. The standard InChI is InChI=1S/C15H20FN3O/c1-3-12(9-18)15(20)19(4-2)10-13-6-5-11(8-17)7-14(13)16/h5-7,12H,3-4,9-10,18H2,1-2H3. The van der Waals surface area contributed by atoms with Crippen LogP contribution >= 0.6 is 0 Å². The van der Waals surface area contributed by atoms with Gasteiger partial charge in [0.1, 0.15) is 5.82 Å². The van der Waals surface area contributed by atoms with Gasteiger partial charge in [0.25, 0.3) is 0 Å². The molecule has 0 fully saturated rings. The normalized spacial score (nSPS) is 11.8. The zero-order valence-electron chi connectivity index (χ0n) is 11.9. The Balaban J connectivity index is 2.89. The lowest BCUT2D eigenvalue weighted by molar-refractivity contribution is -0.135. The minimum absolute atomic E-state index is 0.0544. The van der Waals surface area contributed by atoms with Crippen LogP contribution in [0.25, 0.3) is 0 Å². The van der Waals surface area contributed by atoms with E-state index in [1.165, 1.54) is 6.07 Å². The average Bonchev–Trinajstić information content (AvgIpc) is 2.47. The number of carbonyl (C=O) groups excluding carboxylic acids is 1. The molecule has 1 atom stereocenters. The van der Waals surface area contributed by atoms with Gasteiger partial charge in [-0.2, -0.15) is 5.26 Å². The van der Waals surface area contributed by atoms with Gasteiger partial charge >= 0.3 is 0 Å². The lowest BCUT2D eigenvalue weighted by Gasteiger charge is -2.25. The van der Waals surface area contributed by atoms with Crippen LogP contribution in [0.15, 0.2) is 18.2 Å². The maximum absolute atomic E-state index is 13.8. The Morgan fingerprint density at radius 3 is 2.65 bits per heavy atom. The van der Waals surface area contributed by atoms with Gasteiger partial charge in [-0.05, 0) is 25.5 Å². The van der Waals surface area contributed by atoms with Crippen LogP contribution in [0, 0.1) is 23.1 Å². The van der Waals surface area contributed by atoms with Gasteiger partial charge in [0.05, 0.1) is 17.6 Å². The Morgan fingerprint density at radius 2 is 2.20 bits per heavy atom. The molecule has 1 aromatic rings. The van der Waals surface area contributed by atoms with Crippen molar-refractivity contribution in [3.63, 3.8) is 0 Å². The number of amides is 1. The lowest BCUT2D eigenvalue weighted by Crippen LogP contribution is -2.38. The molecule has 0 bridgehead atoms. The van der Waals surface area contributed by atoms with Crippen molar-refractivity contribution in [2.45, 2.75) is 26.8 Å². The van der Waals surface area contributed by atoms with E-state index >= 15 is 0 Å². The molecule has 1 rings (SSSR count). The lowest BCUT2D eigenvalue weighted by atomic mass is 10.0. The summed E-state index contributed by atoms with van der Waals surface area (Å²) in [6.45, 7) is 4.74. The molecular weight excluding hydrogens is 257 g/mol. The molecule has 0 spiro atoms. The molecule has 4 nitrogen and oxygen atoms in total. The summed E-state index contributed by atoms with van der Waals surface area (Å²) in [5.74, 6) is -0.742. The Bertz CT molecular complexity index is 506. The van der Waals surface area contributed by atoms with Crippen LogP contribution in [0.5, 0.6) is 0 Å². The Labute approximate surface area is 119 Å². The van der Waals surface area contributed by atoms with E-state index in [0.717, 1.165) is 0 Å². The number of hydrogen-bond acceptors (Lipinski definition) is 3. The number of rotatable bonds is 6. The van der Waals surface area contributed by atoms with E-state index in [4.69, 9.17) is 11.0 Å². The average molecular weight is 277 g/mol. The molecule has 0 aliphatic heterocycles. The smallest absolute Gasteiger partial charge is 0.227 e. The predicted octanol–water partition coefficient (Wildman–Crippen LogP) is 2.03. The minimum atomic E-state index is -0.462. The summed E-state index contributed by atoms with van der Waals surface area (Å²) >= 11 is 0. The van der Waals surface area contributed by atoms with Crippen LogP contribution in [0.4, 0.5) is 4.39 Å². The van der Waals surface area contributed by atoms with Crippen LogP contribution in [0.1, 0.15) is 31.4 Å². The van der Waals surface area contributed by atoms with E-state index < -0.39 is 5.82 Å². The van der Waals surface area contributed by atoms with Gasteiger partial charge in [0.15, 0.2) is 0 Å². The van der Waals surface area contributed by atoms with Crippen molar-refractivity contribution < 1.29 is 9.18 Å². The highest BCUT2D eigenvalue weighted by Gasteiger charge is 2.21. The van der Waals surface area contributed by atoms with E-state index in [0.29, 0.717) is 25.1 Å². The molecule has 0 aliphatic rings. The fourth-order valence-corrected chi connectivity index (χ4v) is 2.00. The molecule has 2 N–H and O–H groups in total. The molecule has 1 aromatic carbocycles. The first-order valence-electron chi connectivity index (χ1n) is 6.74. The zero-order chi connectivity index (χ0) is 15.1. The highest BCUT2D eigenvalue weighted by Crippen LogP contribution is 2.15. The van der Waals surface area contributed by atoms with Gasteiger partial charge in [-0.15, -0.1) is 0 Å². The Morgan fingerprint density at radius 1 is 1.50 bits per heavy atom. The molecule has 5 heteroatoms. The van der Waals surface area contributed by atoms with Crippen LogP contribution in [-0.2, 0) is 11.3 Å². The highest BCUT2D eigenvalue weighted by atomic mass is 19.1. The molecule has 0 saturated carbocycles. The maximum Gasteiger partial charge on any atom is 0.227 e. The third-order valence-corrected chi connectivity index (χ3v) is 3.36. The summed E-state index contributed by atoms with van der Waals surface area (Å²) in [4.78, 5) is 13.8. The van der Waals surface area contributed by atoms with Gasteiger partial charge < -0.3 is 10.6 Å². The molecule has 108 valence electrons. The topological polar surface area (TPSA) is 70.1 Å².